The minimum absolute atomic E-state index is 0.0692. The van der Waals surface area contributed by atoms with Crippen molar-refractivity contribution in [2.75, 3.05) is 9.62 Å². The van der Waals surface area contributed by atoms with Gasteiger partial charge in [-0.25, -0.2) is 4.79 Å². The van der Waals surface area contributed by atoms with Crippen LogP contribution in [-0.4, -0.2) is 37.7 Å². The summed E-state index contributed by atoms with van der Waals surface area (Å²) in [6.07, 6.45) is 0. The lowest BCUT2D eigenvalue weighted by Gasteiger charge is -2.34. The second-order valence-electron chi connectivity index (χ2n) is 9.25. The summed E-state index contributed by atoms with van der Waals surface area (Å²) in [6.45, 7) is 4.96. The standard InChI is InChI=1S/C28H27N3O7S/c1-15(2)24(28(34)35)31(39(36)37)20-13-9-18(10-14-20)17-7-11-19(12-8-17)30-27(33)25-16(3)23-21(26(29)32)5-4-6-22(23)38-25/h4-15,24H,1-3H3,(H2,29,32)(H,30,33)(H,34,35)(H,36,37)/p-1. The number of anilines is 2. The molecule has 0 saturated heterocycles. The van der Waals surface area contributed by atoms with Crippen LogP contribution in [0.2, 0.25) is 0 Å². The monoisotopic (exact) mass is 548 g/mol. The SMILES string of the molecule is Cc1c(C(=O)Nc2ccc(-c3ccc(N(C(C(=O)O)C(C)C)S(=O)[O-])cc3)cc2)oc2cccc(C(N)=O)c12. The molecule has 2 unspecified atom stereocenters. The van der Waals surface area contributed by atoms with Gasteiger partial charge in [0, 0.05) is 33.6 Å². The van der Waals surface area contributed by atoms with E-state index in [0.717, 1.165) is 15.4 Å². The fourth-order valence-corrected chi connectivity index (χ4v) is 5.27. The van der Waals surface area contributed by atoms with Gasteiger partial charge in [0.2, 0.25) is 5.91 Å². The fraction of sp³-hybridized carbons (Fsp3) is 0.179. The molecule has 10 nitrogen and oxygen atoms in total. The number of nitrogens with zero attached hydrogens (tertiary/aromatic N) is 1. The Morgan fingerprint density at radius 2 is 1.59 bits per heavy atom. The lowest BCUT2D eigenvalue weighted by Crippen LogP contribution is -2.45. The van der Waals surface area contributed by atoms with Gasteiger partial charge in [0.15, 0.2) is 5.76 Å². The van der Waals surface area contributed by atoms with Crippen LogP contribution < -0.4 is 15.4 Å². The number of nitrogens with two attached hydrogens (primary N) is 1. The molecule has 0 radical (unpaired) electrons. The number of aryl methyl sites for hydroxylation is 1. The number of carboxylic acid groups (broad SMARTS) is 1. The summed E-state index contributed by atoms with van der Waals surface area (Å²) in [6, 6.07) is 17.0. The highest BCUT2D eigenvalue weighted by molar-refractivity contribution is 7.80. The number of primary amides is 1. The molecule has 1 aromatic heterocycles. The molecular weight excluding hydrogens is 522 g/mol. The quantitative estimate of drug-likeness (QED) is 0.259. The minimum Gasteiger partial charge on any atom is -0.755 e. The predicted molar refractivity (Wildman–Crippen MR) is 147 cm³/mol. The fourth-order valence-electron chi connectivity index (χ4n) is 4.46. The first-order chi connectivity index (χ1) is 18.5. The number of fused-ring (bicyclic) bond motifs is 1. The van der Waals surface area contributed by atoms with Crippen molar-refractivity contribution in [2.24, 2.45) is 11.7 Å². The third-order valence-corrected chi connectivity index (χ3v) is 7.08. The maximum absolute atomic E-state index is 12.9. The van der Waals surface area contributed by atoms with E-state index in [-0.39, 0.29) is 17.0 Å². The van der Waals surface area contributed by atoms with Crippen LogP contribution in [0.25, 0.3) is 22.1 Å². The van der Waals surface area contributed by atoms with Crippen LogP contribution in [0.3, 0.4) is 0 Å². The van der Waals surface area contributed by atoms with E-state index in [1.165, 1.54) is 0 Å². The zero-order chi connectivity index (χ0) is 28.4. The largest absolute Gasteiger partial charge is 0.755 e. The summed E-state index contributed by atoms with van der Waals surface area (Å²) < 4.78 is 30.3. The molecule has 0 aliphatic rings. The topological polar surface area (TPSA) is 166 Å². The number of aliphatic carboxylic acids is 1. The van der Waals surface area contributed by atoms with E-state index in [4.69, 9.17) is 10.2 Å². The smallest absolute Gasteiger partial charge is 0.327 e. The van der Waals surface area contributed by atoms with Crippen LogP contribution in [0, 0.1) is 12.8 Å². The van der Waals surface area contributed by atoms with E-state index in [1.807, 2.05) is 0 Å². The Bertz CT molecular complexity index is 1580. The van der Waals surface area contributed by atoms with Crippen LogP contribution in [0.1, 0.15) is 40.3 Å². The second kappa shape index (κ2) is 11.1. The average molecular weight is 549 g/mol. The van der Waals surface area contributed by atoms with Gasteiger partial charge in [-0.2, -0.15) is 0 Å². The number of carboxylic acids is 1. The van der Waals surface area contributed by atoms with Crippen molar-refractivity contribution in [1.82, 2.24) is 0 Å². The van der Waals surface area contributed by atoms with Gasteiger partial charge in [-0.1, -0.05) is 44.2 Å². The zero-order valence-corrected chi connectivity index (χ0v) is 22.2. The predicted octanol–water partition coefficient (Wildman–Crippen LogP) is 4.47. The van der Waals surface area contributed by atoms with Crippen LogP contribution in [0.4, 0.5) is 11.4 Å². The van der Waals surface area contributed by atoms with Gasteiger partial charge in [-0.3, -0.25) is 18.1 Å². The van der Waals surface area contributed by atoms with Crippen molar-refractivity contribution >= 4 is 51.4 Å². The van der Waals surface area contributed by atoms with Crippen LogP contribution >= 0.6 is 0 Å². The molecule has 39 heavy (non-hydrogen) atoms. The highest BCUT2D eigenvalue weighted by atomic mass is 32.2. The molecule has 0 aliphatic carbocycles. The minimum atomic E-state index is -2.78. The molecule has 4 N–H and O–H groups in total. The Hall–Kier alpha value is -4.48. The van der Waals surface area contributed by atoms with Crippen molar-refractivity contribution < 1.29 is 32.7 Å². The lowest BCUT2D eigenvalue weighted by atomic mass is 10.0. The number of amides is 2. The number of carbonyl (C=O) groups excluding carboxylic acids is 2. The molecule has 1 heterocycles. The second-order valence-corrected chi connectivity index (χ2v) is 10.1. The Balaban J connectivity index is 1.53. The Labute approximate surface area is 226 Å². The molecule has 0 bridgehead atoms. The first kappa shape index (κ1) is 27.6. The third-order valence-electron chi connectivity index (χ3n) is 6.32. The number of rotatable bonds is 9. The molecule has 11 heteroatoms. The van der Waals surface area contributed by atoms with E-state index in [1.54, 1.807) is 87.5 Å². The van der Waals surface area contributed by atoms with Gasteiger partial charge < -0.3 is 25.1 Å². The van der Waals surface area contributed by atoms with Crippen LogP contribution in [0.5, 0.6) is 0 Å². The maximum Gasteiger partial charge on any atom is 0.327 e. The number of hydrogen-bond donors (Lipinski definition) is 3. The molecule has 0 aliphatic heterocycles. The first-order valence-electron chi connectivity index (χ1n) is 11.9. The van der Waals surface area contributed by atoms with E-state index >= 15 is 0 Å². The average Bonchev–Trinajstić information content (AvgIpc) is 3.23. The molecule has 202 valence electrons. The summed E-state index contributed by atoms with van der Waals surface area (Å²) in [4.78, 5) is 36.4. The van der Waals surface area contributed by atoms with E-state index in [2.05, 4.69) is 5.32 Å². The molecule has 4 rings (SSSR count). The molecule has 0 fully saturated rings. The number of carbonyl (C=O) groups is 3. The van der Waals surface area contributed by atoms with Crippen molar-refractivity contribution in [3.05, 3.63) is 83.6 Å². The Kier molecular flexibility index (Phi) is 7.84. The number of hydrogen-bond acceptors (Lipinski definition) is 6. The van der Waals surface area contributed by atoms with Gasteiger partial charge in [0.25, 0.3) is 5.91 Å². The van der Waals surface area contributed by atoms with Crippen molar-refractivity contribution in [2.45, 2.75) is 26.8 Å². The summed E-state index contributed by atoms with van der Waals surface area (Å²) in [5, 5.41) is 12.8. The number of benzene rings is 3. The molecular formula is C28H26N3O7S-. The van der Waals surface area contributed by atoms with E-state index in [9.17, 15) is 28.3 Å². The van der Waals surface area contributed by atoms with Gasteiger partial charge >= 0.3 is 5.97 Å². The molecule has 2 atom stereocenters. The molecule has 3 aromatic carbocycles. The molecule has 0 saturated carbocycles. The third kappa shape index (κ3) is 5.54. The molecule has 0 spiro atoms. The van der Waals surface area contributed by atoms with Crippen LogP contribution in [0.15, 0.2) is 71.1 Å². The maximum atomic E-state index is 12.9. The van der Waals surface area contributed by atoms with Gasteiger partial charge in [-0.05, 0) is 60.4 Å². The summed E-state index contributed by atoms with van der Waals surface area (Å²) in [7, 11) is 0. The summed E-state index contributed by atoms with van der Waals surface area (Å²) in [5.41, 5.74) is 8.91. The number of nitrogens with one attached hydrogen (secondary N) is 1. The highest BCUT2D eigenvalue weighted by Gasteiger charge is 2.30. The zero-order valence-electron chi connectivity index (χ0n) is 21.3. The Morgan fingerprint density at radius 3 is 2.10 bits per heavy atom. The molecule has 4 aromatic rings. The van der Waals surface area contributed by atoms with E-state index in [0.29, 0.717) is 22.2 Å². The normalized spacial score (nSPS) is 12.7. The highest BCUT2D eigenvalue weighted by Crippen LogP contribution is 2.30. The molecule has 2 amide bonds. The van der Waals surface area contributed by atoms with Crippen molar-refractivity contribution in [1.29, 1.82) is 0 Å². The van der Waals surface area contributed by atoms with Gasteiger partial charge in [-0.15, -0.1) is 0 Å². The van der Waals surface area contributed by atoms with Crippen molar-refractivity contribution in [3.8, 4) is 11.1 Å². The van der Waals surface area contributed by atoms with E-state index < -0.39 is 41.0 Å². The van der Waals surface area contributed by atoms with Crippen molar-refractivity contribution in [3.63, 3.8) is 0 Å². The Morgan fingerprint density at radius 1 is 1.00 bits per heavy atom. The van der Waals surface area contributed by atoms with Gasteiger partial charge in [0.1, 0.15) is 11.6 Å². The first-order valence-corrected chi connectivity index (χ1v) is 13.0. The summed E-state index contributed by atoms with van der Waals surface area (Å²) >= 11 is -2.78. The van der Waals surface area contributed by atoms with Crippen LogP contribution in [-0.2, 0) is 16.1 Å². The lowest BCUT2D eigenvalue weighted by molar-refractivity contribution is -0.139. The van der Waals surface area contributed by atoms with Gasteiger partial charge in [0.05, 0.1) is 5.56 Å². The summed E-state index contributed by atoms with van der Waals surface area (Å²) in [5.74, 6) is -2.71. The number of furan rings is 1.